The molecule has 5 aromatic rings. The van der Waals surface area contributed by atoms with Crippen LogP contribution < -0.4 is 0 Å². The summed E-state index contributed by atoms with van der Waals surface area (Å²) in [4.78, 5) is 4.57. The lowest BCUT2D eigenvalue weighted by Gasteiger charge is -2.58. The van der Waals surface area contributed by atoms with Crippen molar-refractivity contribution >= 4 is 32.4 Å². The van der Waals surface area contributed by atoms with E-state index in [2.05, 4.69) is 78.3 Å². The Morgan fingerprint density at radius 1 is 0.919 bits per heavy atom. The highest BCUT2D eigenvalue weighted by Gasteiger charge is 2.54. The van der Waals surface area contributed by atoms with Gasteiger partial charge in [0.2, 0.25) is 0 Å². The number of para-hydroxylation sites is 1. The monoisotopic (exact) mass is 485 g/mol. The zero-order chi connectivity index (χ0) is 25.0. The van der Waals surface area contributed by atoms with Gasteiger partial charge in [0.1, 0.15) is 18.7 Å². The molecule has 0 spiro atoms. The molecule has 2 bridgehead atoms. The predicted molar refractivity (Wildman–Crippen MR) is 152 cm³/mol. The number of nitrogens with zero attached hydrogens (tertiary/aromatic N) is 2. The number of hydrogen-bond acceptors (Lipinski definition) is 2. The molecule has 8 rings (SSSR count). The topological polar surface area (TPSA) is 33.1 Å². The first kappa shape index (κ1) is 22.7. The summed E-state index contributed by atoms with van der Waals surface area (Å²) >= 11 is 0. The number of aromatic nitrogens is 1. The minimum atomic E-state index is -0.539. The summed E-state index contributed by atoms with van der Waals surface area (Å²) in [7, 11) is 0. The van der Waals surface area contributed by atoms with Crippen molar-refractivity contribution in [3.63, 3.8) is 0 Å². The fourth-order valence-corrected chi connectivity index (χ4v) is 7.56. The standard InChI is InChI=1S/C34H33N2O/c1-2-23-21-36(22-31-27-11-5-3-9-25(27)19-26-10-4-6-12-28(26)31)18-16-24(23)20-33(36)34(37)30-15-17-35-32-14-8-7-13-29(30)32/h2-15,17,19,23-24,33-34,37H,1,16,18,20-22H2/q+1/t23-,24-,33+,34?,36-/m0/s1. The average Bonchev–Trinajstić information content (AvgIpc) is 2.96. The van der Waals surface area contributed by atoms with Crippen molar-refractivity contribution in [2.75, 3.05) is 13.1 Å². The Kier molecular flexibility index (Phi) is 5.38. The molecule has 3 nitrogen and oxygen atoms in total. The zero-order valence-corrected chi connectivity index (χ0v) is 21.1. The Hall–Kier alpha value is -3.53. The Morgan fingerprint density at radius 2 is 1.59 bits per heavy atom. The first-order chi connectivity index (χ1) is 18.2. The van der Waals surface area contributed by atoms with Gasteiger partial charge >= 0.3 is 0 Å². The minimum absolute atomic E-state index is 0.137. The predicted octanol–water partition coefficient (Wildman–Crippen LogP) is 7.19. The molecule has 3 fully saturated rings. The number of piperidine rings is 3. The summed E-state index contributed by atoms with van der Waals surface area (Å²) in [5.41, 5.74) is 3.37. The molecule has 37 heavy (non-hydrogen) atoms. The maximum atomic E-state index is 12.1. The van der Waals surface area contributed by atoms with Gasteiger partial charge in [-0.3, -0.25) is 4.98 Å². The van der Waals surface area contributed by atoms with Crippen molar-refractivity contribution in [3.05, 3.63) is 115 Å². The summed E-state index contributed by atoms with van der Waals surface area (Å²) in [6.07, 6.45) is 5.72. The molecule has 5 atom stereocenters. The molecule has 4 heterocycles. The van der Waals surface area contributed by atoms with Crippen molar-refractivity contribution in [2.45, 2.75) is 31.5 Å². The summed E-state index contributed by atoms with van der Waals surface area (Å²) in [5.74, 6) is 1.09. The van der Waals surface area contributed by atoms with Crippen LogP contribution in [0.25, 0.3) is 32.4 Å². The molecular formula is C34H33N2O+. The molecule has 3 aliphatic rings. The van der Waals surface area contributed by atoms with Crippen molar-refractivity contribution in [1.29, 1.82) is 0 Å². The molecule has 0 amide bonds. The van der Waals surface area contributed by atoms with Gasteiger partial charge < -0.3 is 9.59 Å². The lowest BCUT2D eigenvalue weighted by Crippen LogP contribution is -2.67. The van der Waals surface area contributed by atoms with E-state index >= 15 is 0 Å². The highest BCUT2D eigenvalue weighted by Crippen LogP contribution is 2.49. The van der Waals surface area contributed by atoms with E-state index in [0.717, 1.165) is 47.0 Å². The van der Waals surface area contributed by atoms with Gasteiger partial charge in [-0.15, -0.1) is 6.58 Å². The number of benzene rings is 4. The van der Waals surface area contributed by atoms with Crippen molar-refractivity contribution in [2.24, 2.45) is 11.8 Å². The number of aliphatic hydroxyl groups is 1. The highest BCUT2D eigenvalue weighted by molar-refractivity contribution is 6.02. The highest BCUT2D eigenvalue weighted by atomic mass is 16.3. The Labute approximate surface area is 218 Å². The zero-order valence-electron chi connectivity index (χ0n) is 21.1. The Balaban J connectivity index is 1.39. The molecule has 184 valence electrons. The molecule has 0 radical (unpaired) electrons. The molecule has 0 aliphatic carbocycles. The van der Waals surface area contributed by atoms with E-state index in [-0.39, 0.29) is 6.04 Å². The molecule has 3 aliphatic heterocycles. The van der Waals surface area contributed by atoms with Crippen LogP contribution in [0.1, 0.15) is 30.1 Å². The van der Waals surface area contributed by atoms with Gasteiger partial charge in [-0.2, -0.15) is 0 Å². The maximum Gasteiger partial charge on any atom is 0.131 e. The SMILES string of the molecule is C=C[C@H]1C[N@+]2(Cc3c4ccccc4cc4ccccc34)CC[C@H]1C[C@@H]2C(O)c1ccnc2ccccc12. The quantitative estimate of drug-likeness (QED) is 0.162. The van der Waals surface area contributed by atoms with Crippen LogP contribution in [-0.2, 0) is 6.54 Å². The second-order valence-electron chi connectivity index (χ2n) is 11.2. The molecule has 1 N–H and O–H groups in total. The average molecular weight is 486 g/mol. The maximum absolute atomic E-state index is 12.1. The third kappa shape index (κ3) is 3.60. The van der Waals surface area contributed by atoms with Crippen LogP contribution in [-0.4, -0.2) is 33.7 Å². The van der Waals surface area contributed by atoms with Crippen LogP contribution in [0.15, 0.2) is 104 Å². The van der Waals surface area contributed by atoms with Gasteiger partial charge in [0, 0.05) is 35.9 Å². The molecule has 1 aromatic heterocycles. The minimum Gasteiger partial charge on any atom is -0.382 e. The van der Waals surface area contributed by atoms with E-state index in [9.17, 15) is 5.11 Å². The largest absolute Gasteiger partial charge is 0.382 e. The van der Waals surface area contributed by atoms with E-state index in [1.54, 1.807) is 0 Å². The Bertz CT molecular complexity index is 1580. The van der Waals surface area contributed by atoms with E-state index < -0.39 is 6.10 Å². The van der Waals surface area contributed by atoms with Gasteiger partial charge in [0.05, 0.1) is 18.6 Å². The fourth-order valence-electron chi connectivity index (χ4n) is 7.56. The summed E-state index contributed by atoms with van der Waals surface area (Å²) < 4.78 is 0.906. The first-order valence-electron chi connectivity index (χ1n) is 13.6. The van der Waals surface area contributed by atoms with E-state index in [1.165, 1.54) is 33.5 Å². The van der Waals surface area contributed by atoms with Crippen LogP contribution in [0, 0.1) is 11.8 Å². The number of fused-ring (bicyclic) bond motifs is 6. The van der Waals surface area contributed by atoms with Crippen LogP contribution >= 0.6 is 0 Å². The van der Waals surface area contributed by atoms with Gasteiger partial charge in [0.25, 0.3) is 0 Å². The Morgan fingerprint density at radius 3 is 2.32 bits per heavy atom. The number of hydrogen-bond donors (Lipinski definition) is 1. The van der Waals surface area contributed by atoms with E-state index in [4.69, 9.17) is 0 Å². The summed E-state index contributed by atoms with van der Waals surface area (Å²) in [6.45, 7) is 7.28. The third-order valence-electron chi connectivity index (χ3n) is 9.40. The van der Waals surface area contributed by atoms with Crippen molar-refractivity contribution in [3.8, 4) is 0 Å². The van der Waals surface area contributed by atoms with Gasteiger partial charge in [0.15, 0.2) is 0 Å². The lowest BCUT2D eigenvalue weighted by molar-refractivity contribution is -0.984. The van der Waals surface area contributed by atoms with Crippen LogP contribution in [0.4, 0.5) is 0 Å². The third-order valence-corrected chi connectivity index (χ3v) is 9.40. The number of quaternary nitrogens is 1. The van der Waals surface area contributed by atoms with Crippen molar-refractivity contribution in [1.82, 2.24) is 4.98 Å². The molecule has 3 heteroatoms. The first-order valence-corrected chi connectivity index (χ1v) is 13.6. The van der Waals surface area contributed by atoms with Crippen LogP contribution in [0.2, 0.25) is 0 Å². The van der Waals surface area contributed by atoms with Crippen LogP contribution in [0.3, 0.4) is 0 Å². The lowest BCUT2D eigenvalue weighted by atomic mass is 9.71. The normalized spacial score (nSPS) is 26.0. The molecule has 4 aromatic carbocycles. The smallest absolute Gasteiger partial charge is 0.131 e. The molecular weight excluding hydrogens is 452 g/mol. The van der Waals surface area contributed by atoms with Gasteiger partial charge in [-0.05, 0) is 51.2 Å². The van der Waals surface area contributed by atoms with E-state index in [0.29, 0.717) is 11.8 Å². The fraction of sp³-hybridized carbons (Fsp3) is 0.265. The molecule has 1 unspecified atom stereocenters. The number of pyridine rings is 1. The second kappa shape index (κ2) is 8.79. The van der Waals surface area contributed by atoms with Gasteiger partial charge in [-0.25, -0.2) is 0 Å². The summed E-state index contributed by atoms with van der Waals surface area (Å²) in [6, 6.07) is 30.3. The number of rotatable bonds is 5. The summed E-state index contributed by atoms with van der Waals surface area (Å²) in [5, 5.41) is 18.4. The van der Waals surface area contributed by atoms with Crippen LogP contribution in [0.5, 0.6) is 0 Å². The van der Waals surface area contributed by atoms with Crippen molar-refractivity contribution < 1.29 is 9.59 Å². The van der Waals surface area contributed by atoms with E-state index in [1.807, 2.05) is 30.5 Å². The molecule has 0 saturated carbocycles. The second-order valence-corrected chi connectivity index (χ2v) is 11.2. The number of aliphatic hydroxyl groups excluding tert-OH is 1. The van der Waals surface area contributed by atoms with Gasteiger partial charge in [-0.1, -0.05) is 72.8 Å². The molecule has 3 saturated heterocycles.